The predicted octanol–water partition coefficient (Wildman–Crippen LogP) is 4.71. The Morgan fingerprint density at radius 1 is 1.30 bits per heavy atom. The van der Waals surface area contributed by atoms with Gasteiger partial charge in [-0.25, -0.2) is 0 Å². The molecule has 8 heteroatoms. The smallest absolute Gasteiger partial charge is 0.286 e. The first-order valence-corrected chi connectivity index (χ1v) is 9.53. The molecule has 0 radical (unpaired) electrons. The zero-order valence-corrected chi connectivity index (χ0v) is 16.8. The van der Waals surface area contributed by atoms with E-state index >= 15 is 0 Å². The van der Waals surface area contributed by atoms with Crippen molar-refractivity contribution in [2.24, 2.45) is 4.99 Å². The van der Waals surface area contributed by atoms with Gasteiger partial charge in [-0.3, -0.25) is 4.79 Å². The van der Waals surface area contributed by atoms with Crippen LogP contribution in [0.15, 0.2) is 54.0 Å². The third-order valence-electron chi connectivity index (χ3n) is 3.66. The molecule has 0 atom stereocenters. The van der Waals surface area contributed by atoms with E-state index in [2.05, 4.69) is 11.6 Å². The highest BCUT2D eigenvalue weighted by Gasteiger charge is 2.12. The highest BCUT2D eigenvalue weighted by molar-refractivity contribution is 7.16. The van der Waals surface area contributed by atoms with Crippen molar-refractivity contribution in [3.8, 4) is 11.5 Å². The molecule has 1 aromatic heterocycles. The fourth-order valence-corrected chi connectivity index (χ4v) is 4.05. The minimum Gasteiger partial charge on any atom is -0.495 e. The summed E-state index contributed by atoms with van der Waals surface area (Å²) >= 11 is 13.3. The number of thiazole rings is 1. The molecule has 0 aliphatic carbocycles. The number of benzene rings is 2. The Morgan fingerprint density at radius 2 is 2.11 bits per heavy atom. The van der Waals surface area contributed by atoms with Gasteiger partial charge in [-0.2, -0.15) is 4.99 Å². The van der Waals surface area contributed by atoms with E-state index in [1.165, 1.54) is 11.3 Å². The van der Waals surface area contributed by atoms with Crippen molar-refractivity contribution in [3.05, 3.63) is 63.9 Å². The Morgan fingerprint density at radius 3 is 2.81 bits per heavy atom. The Hall–Kier alpha value is -2.28. The van der Waals surface area contributed by atoms with Crippen LogP contribution in [0.5, 0.6) is 11.5 Å². The van der Waals surface area contributed by atoms with E-state index in [1.807, 2.05) is 22.8 Å². The molecule has 2 aromatic carbocycles. The number of aromatic nitrogens is 1. The summed E-state index contributed by atoms with van der Waals surface area (Å²) in [5, 5.41) is 0.830. The maximum Gasteiger partial charge on any atom is 0.286 e. The van der Waals surface area contributed by atoms with Crippen LogP contribution in [-0.4, -0.2) is 24.2 Å². The highest BCUT2D eigenvalue weighted by atomic mass is 35.5. The molecule has 3 rings (SSSR count). The van der Waals surface area contributed by atoms with E-state index in [-0.39, 0.29) is 6.61 Å². The monoisotopic (exact) mass is 422 g/mol. The molecule has 1 amide bonds. The molecule has 140 valence electrons. The lowest BCUT2D eigenvalue weighted by molar-refractivity contribution is -0.120. The van der Waals surface area contributed by atoms with Gasteiger partial charge in [0.15, 0.2) is 11.4 Å². The Bertz CT molecular complexity index is 1070. The summed E-state index contributed by atoms with van der Waals surface area (Å²) < 4.78 is 13.7. The molecule has 3 aromatic rings. The molecule has 5 nitrogen and oxygen atoms in total. The van der Waals surface area contributed by atoms with Crippen LogP contribution in [0.2, 0.25) is 10.0 Å². The van der Waals surface area contributed by atoms with E-state index in [1.54, 1.807) is 31.4 Å². The van der Waals surface area contributed by atoms with Crippen LogP contribution < -0.4 is 14.3 Å². The largest absolute Gasteiger partial charge is 0.495 e. The molecule has 0 unspecified atom stereocenters. The van der Waals surface area contributed by atoms with Gasteiger partial charge in [0.2, 0.25) is 0 Å². The Balaban J connectivity index is 1.91. The summed E-state index contributed by atoms with van der Waals surface area (Å²) in [6, 6.07) is 10.5. The summed E-state index contributed by atoms with van der Waals surface area (Å²) in [5.41, 5.74) is 0.873. The molecular formula is C19H16Cl2N2O3S. The topological polar surface area (TPSA) is 52.8 Å². The summed E-state index contributed by atoms with van der Waals surface area (Å²) in [6.45, 7) is 4.04. The molecule has 27 heavy (non-hydrogen) atoms. The van der Waals surface area contributed by atoms with Crippen molar-refractivity contribution in [1.82, 2.24) is 4.57 Å². The van der Waals surface area contributed by atoms with E-state index in [0.717, 1.165) is 10.2 Å². The third kappa shape index (κ3) is 4.35. The number of methoxy groups -OCH3 is 1. The Labute approximate surface area is 170 Å². The van der Waals surface area contributed by atoms with Gasteiger partial charge in [0.1, 0.15) is 17.0 Å². The average molecular weight is 423 g/mol. The van der Waals surface area contributed by atoms with Gasteiger partial charge in [-0.1, -0.05) is 46.7 Å². The van der Waals surface area contributed by atoms with Crippen molar-refractivity contribution >= 4 is 50.7 Å². The van der Waals surface area contributed by atoms with Gasteiger partial charge in [-0.05, 0) is 30.3 Å². The van der Waals surface area contributed by atoms with Crippen LogP contribution in [0.25, 0.3) is 10.2 Å². The number of fused-ring (bicyclic) bond motifs is 1. The second-order valence-electron chi connectivity index (χ2n) is 5.46. The summed E-state index contributed by atoms with van der Waals surface area (Å²) in [7, 11) is 1.61. The first kappa shape index (κ1) is 19.5. The van der Waals surface area contributed by atoms with Crippen LogP contribution in [0.1, 0.15) is 0 Å². The number of halogens is 2. The molecule has 0 bridgehead atoms. The number of allylic oxidation sites excluding steroid dienone is 1. The number of carbonyl (C=O) groups excluding carboxylic acids is 1. The van der Waals surface area contributed by atoms with Crippen molar-refractivity contribution in [3.63, 3.8) is 0 Å². The predicted molar refractivity (Wildman–Crippen MR) is 109 cm³/mol. The van der Waals surface area contributed by atoms with Gasteiger partial charge in [0.25, 0.3) is 5.91 Å². The molecule has 0 aliphatic rings. The summed E-state index contributed by atoms with van der Waals surface area (Å²) in [4.78, 5) is 17.1. The number of carbonyl (C=O) groups is 1. The number of ether oxygens (including phenoxy) is 2. The summed E-state index contributed by atoms with van der Waals surface area (Å²) in [6.07, 6.45) is 1.74. The summed E-state index contributed by atoms with van der Waals surface area (Å²) in [5.74, 6) is 0.662. The quantitative estimate of drug-likeness (QED) is 0.540. The van der Waals surface area contributed by atoms with Crippen LogP contribution in [0.4, 0.5) is 0 Å². The first-order valence-electron chi connectivity index (χ1n) is 7.96. The van der Waals surface area contributed by atoms with E-state index in [4.69, 9.17) is 32.7 Å². The van der Waals surface area contributed by atoms with Crippen LogP contribution in [-0.2, 0) is 11.3 Å². The van der Waals surface area contributed by atoms with Gasteiger partial charge in [0, 0.05) is 11.6 Å². The van der Waals surface area contributed by atoms with E-state index in [0.29, 0.717) is 32.9 Å². The van der Waals surface area contributed by atoms with Crippen molar-refractivity contribution in [2.75, 3.05) is 13.7 Å². The molecule has 0 fully saturated rings. The number of amides is 1. The van der Waals surface area contributed by atoms with Gasteiger partial charge in [0.05, 0.1) is 16.8 Å². The van der Waals surface area contributed by atoms with E-state index in [9.17, 15) is 4.79 Å². The lowest BCUT2D eigenvalue weighted by atomic mass is 10.3. The maximum atomic E-state index is 12.3. The van der Waals surface area contributed by atoms with Crippen molar-refractivity contribution in [1.29, 1.82) is 0 Å². The van der Waals surface area contributed by atoms with Gasteiger partial charge >= 0.3 is 0 Å². The fraction of sp³-hybridized carbons (Fsp3) is 0.158. The number of para-hydroxylation sites is 1. The molecule has 0 saturated carbocycles. The zero-order valence-electron chi connectivity index (χ0n) is 14.4. The average Bonchev–Trinajstić information content (AvgIpc) is 2.98. The second kappa shape index (κ2) is 8.61. The minimum absolute atomic E-state index is 0.235. The number of rotatable bonds is 6. The number of nitrogens with zero attached hydrogens (tertiary/aromatic N) is 2. The normalized spacial score (nSPS) is 11.6. The Kier molecular flexibility index (Phi) is 6.21. The lowest BCUT2D eigenvalue weighted by Gasteiger charge is -2.07. The number of hydrogen-bond acceptors (Lipinski definition) is 4. The molecule has 0 aliphatic heterocycles. The first-order chi connectivity index (χ1) is 13.0. The minimum atomic E-state index is -0.427. The molecule has 1 heterocycles. The van der Waals surface area contributed by atoms with Crippen LogP contribution in [0.3, 0.4) is 0 Å². The lowest BCUT2D eigenvalue weighted by Crippen LogP contribution is -2.19. The van der Waals surface area contributed by atoms with Crippen LogP contribution >= 0.6 is 34.5 Å². The molecule has 0 spiro atoms. The van der Waals surface area contributed by atoms with Crippen LogP contribution in [0, 0.1) is 0 Å². The second-order valence-corrected chi connectivity index (χ2v) is 7.31. The highest BCUT2D eigenvalue weighted by Crippen LogP contribution is 2.28. The van der Waals surface area contributed by atoms with Crippen molar-refractivity contribution in [2.45, 2.75) is 6.54 Å². The standard InChI is InChI=1S/C19H16Cl2N2O3S/c1-3-9-23-18-15(25-2)5-4-6-16(18)27-19(23)22-17(24)11-26-14-8-7-12(20)10-13(14)21/h3-8,10H,1,9,11H2,2H3. The van der Waals surface area contributed by atoms with Gasteiger partial charge < -0.3 is 14.0 Å². The third-order valence-corrected chi connectivity index (χ3v) is 5.24. The van der Waals surface area contributed by atoms with Crippen molar-refractivity contribution < 1.29 is 14.3 Å². The zero-order chi connectivity index (χ0) is 19.4. The fourth-order valence-electron chi connectivity index (χ4n) is 2.52. The maximum absolute atomic E-state index is 12.3. The molecule has 0 N–H and O–H groups in total. The molecular weight excluding hydrogens is 407 g/mol. The van der Waals surface area contributed by atoms with E-state index < -0.39 is 5.91 Å². The van der Waals surface area contributed by atoms with Gasteiger partial charge in [-0.15, -0.1) is 6.58 Å². The molecule has 0 saturated heterocycles. The SMILES string of the molecule is C=CCn1c(=NC(=O)COc2ccc(Cl)cc2Cl)sc2cccc(OC)c21. The number of hydrogen-bond donors (Lipinski definition) is 0.